The third kappa shape index (κ3) is 4.97. The molecule has 3 rings (SSSR count). The maximum absolute atomic E-state index is 13.2. The molecule has 1 aliphatic heterocycles. The highest BCUT2D eigenvalue weighted by molar-refractivity contribution is 6.42. The van der Waals surface area contributed by atoms with Gasteiger partial charge in [-0.25, -0.2) is 0 Å². The van der Waals surface area contributed by atoms with Crippen molar-refractivity contribution in [3.8, 4) is 16.9 Å². The summed E-state index contributed by atoms with van der Waals surface area (Å²) in [6.45, 7) is 2.56. The van der Waals surface area contributed by atoms with E-state index in [9.17, 15) is 9.59 Å². The summed E-state index contributed by atoms with van der Waals surface area (Å²) in [5.74, 6) is 0.00583. The Labute approximate surface area is 186 Å². The van der Waals surface area contributed by atoms with Crippen LogP contribution in [0.4, 0.5) is 0 Å². The highest BCUT2D eigenvalue weighted by Gasteiger charge is 2.26. The second-order valence-electron chi connectivity index (χ2n) is 7.16. The van der Waals surface area contributed by atoms with Crippen molar-refractivity contribution in [2.24, 2.45) is 0 Å². The van der Waals surface area contributed by atoms with Gasteiger partial charge in [0.2, 0.25) is 0 Å². The number of Topliss-reactive ketones (excluding diaryl/α,β-unsaturated/α-hetero) is 1. The third-order valence-corrected chi connectivity index (χ3v) is 5.74. The topological polar surface area (TPSA) is 64.6 Å². The van der Waals surface area contributed by atoms with Gasteiger partial charge >= 0.3 is 0 Å². The van der Waals surface area contributed by atoms with Crippen molar-refractivity contribution in [2.45, 2.75) is 45.3 Å². The Hall–Kier alpha value is -2.08. The highest BCUT2D eigenvalue weighted by atomic mass is 35.5. The van der Waals surface area contributed by atoms with Crippen molar-refractivity contribution in [1.82, 2.24) is 5.32 Å². The zero-order chi connectivity index (χ0) is 21.7. The van der Waals surface area contributed by atoms with Crippen LogP contribution in [-0.4, -0.2) is 31.6 Å². The van der Waals surface area contributed by atoms with Crippen LogP contribution in [0.2, 0.25) is 10.0 Å². The first kappa shape index (κ1) is 22.6. The number of hydrogen-bond acceptors (Lipinski definition) is 4. The van der Waals surface area contributed by atoms with E-state index in [2.05, 4.69) is 5.32 Å². The summed E-state index contributed by atoms with van der Waals surface area (Å²) >= 11 is 12.3. The highest BCUT2D eigenvalue weighted by Crippen LogP contribution is 2.38. The van der Waals surface area contributed by atoms with Gasteiger partial charge < -0.3 is 14.8 Å². The van der Waals surface area contributed by atoms with E-state index in [1.165, 1.54) is 0 Å². The lowest BCUT2D eigenvalue weighted by atomic mass is 9.89. The van der Waals surface area contributed by atoms with Crippen LogP contribution in [-0.2, 0) is 4.74 Å². The van der Waals surface area contributed by atoms with E-state index in [0.717, 1.165) is 19.3 Å². The number of amides is 1. The summed E-state index contributed by atoms with van der Waals surface area (Å²) in [6, 6.07) is 8.40. The summed E-state index contributed by atoms with van der Waals surface area (Å²) in [6.07, 6.45) is 3.32. The molecule has 0 bridgehead atoms. The molecule has 30 heavy (non-hydrogen) atoms. The molecule has 1 aliphatic rings. The molecule has 0 aromatic heterocycles. The monoisotopic (exact) mass is 449 g/mol. The number of hydrogen-bond donors (Lipinski definition) is 1. The number of nitrogens with one attached hydrogen (secondary N) is 1. The zero-order valence-electron chi connectivity index (χ0n) is 17.1. The molecule has 0 aliphatic carbocycles. The van der Waals surface area contributed by atoms with Gasteiger partial charge in [-0.1, -0.05) is 36.2 Å². The van der Waals surface area contributed by atoms with Crippen molar-refractivity contribution in [2.75, 3.05) is 13.7 Å². The largest absolute Gasteiger partial charge is 0.464 e. The standard InChI is InChI=1S/C23H25Cl2NO4/c1-3-6-18(27)22-19(30-20-7-4-5-12-29-20)11-9-15(23(28)26-2)21(22)14-8-10-16(24)17(25)13-14/h8-11,13,20H,3-7,12H2,1-2H3,(H,26,28). The van der Waals surface area contributed by atoms with E-state index in [1.54, 1.807) is 37.4 Å². The van der Waals surface area contributed by atoms with Crippen LogP contribution in [0.15, 0.2) is 30.3 Å². The molecular weight excluding hydrogens is 425 g/mol. The number of rotatable bonds is 7. The van der Waals surface area contributed by atoms with E-state index in [4.69, 9.17) is 32.7 Å². The van der Waals surface area contributed by atoms with Crippen molar-refractivity contribution >= 4 is 34.9 Å². The lowest BCUT2D eigenvalue weighted by molar-refractivity contribution is -0.106. The SMILES string of the molecule is CCCC(=O)c1c(OC2CCCCO2)ccc(C(=O)NC)c1-c1ccc(Cl)c(Cl)c1. The van der Waals surface area contributed by atoms with Gasteiger partial charge in [0.25, 0.3) is 5.91 Å². The molecule has 1 unspecified atom stereocenters. The lowest BCUT2D eigenvalue weighted by Gasteiger charge is -2.26. The van der Waals surface area contributed by atoms with E-state index < -0.39 is 6.29 Å². The summed E-state index contributed by atoms with van der Waals surface area (Å²) in [5, 5.41) is 3.38. The van der Waals surface area contributed by atoms with E-state index in [1.807, 2.05) is 6.92 Å². The molecule has 1 heterocycles. The van der Waals surface area contributed by atoms with Crippen LogP contribution < -0.4 is 10.1 Å². The predicted molar refractivity (Wildman–Crippen MR) is 119 cm³/mol. The van der Waals surface area contributed by atoms with Crippen molar-refractivity contribution in [1.29, 1.82) is 0 Å². The molecule has 7 heteroatoms. The maximum atomic E-state index is 13.2. The smallest absolute Gasteiger partial charge is 0.251 e. The van der Waals surface area contributed by atoms with Crippen molar-refractivity contribution < 1.29 is 19.1 Å². The Morgan fingerprint density at radius 2 is 1.97 bits per heavy atom. The summed E-state index contributed by atoms with van der Waals surface area (Å²) in [4.78, 5) is 25.9. The average Bonchev–Trinajstić information content (AvgIpc) is 2.75. The van der Waals surface area contributed by atoms with Gasteiger partial charge in [-0.2, -0.15) is 0 Å². The number of ketones is 1. The van der Waals surface area contributed by atoms with Crippen LogP contribution in [0, 0.1) is 0 Å². The Kier molecular flexibility index (Phi) is 7.75. The first-order chi connectivity index (χ1) is 14.5. The van der Waals surface area contributed by atoms with Crippen molar-refractivity contribution in [3.05, 3.63) is 51.5 Å². The van der Waals surface area contributed by atoms with E-state index >= 15 is 0 Å². The number of halogens is 2. The van der Waals surface area contributed by atoms with Gasteiger partial charge in [0, 0.05) is 31.0 Å². The quantitative estimate of drug-likeness (QED) is 0.533. The normalized spacial score (nSPS) is 16.2. The molecule has 2 aromatic rings. The summed E-state index contributed by atoms with van der Waals surface area (Å²) < 4.78 is 11.8. The average molecular weight is 450 g/mol. The maximum Gasteiger partial charge on any atom is 0.251 e. The minimum Gasteiger partial charge on any atom is -0.464 e. The Bertz CT molecular complexity index is 939. The predicted octanol–water partition coefficient (Wildman–Crippen LogP) is 5.91. The fraction of sp³-hybridized carbons (Fsp3) is 0.391. The first-order valence-corrected chi connectivity index (χ1v) is 10.9. The van der Waals surface area contributed by atoms with Crippen LogP contribution >= 0.6 is 23.2 Å². The second-order valence-corrected chi connectivity index (χ2v) is 7.97. The molecule has 5 nitrogen and oxygen atoms in total. The molecule has 160 valence electrons. The molecule has 0 radical (unpaired) electrons. The molecule has 1 atom stereocenters. The number of ether oxygens (including phenoxy) is 2. The minimum absolute atomic E-state index is 0.102. The fourth-order valence-electron chi connectivity index (χ4n) is 3.53. The molecular formula is C23H25Cl2NO4. The van der Waals surface area contributed by atoms with Gasteiger partial charge in [-0.15, -0.1) is 0 Å². The number of benzene rings is 2. The Morgan fingerprint density at radius 1 is 1.17 bits per heavy atom. The zero-order valence-corrected chi connectivity index (χ0v) is 18.6. The number of carbonyl (C=O) groups excluding carboxylic acids is 2. The van der Waals surface area contributed by atoms with Gasteiger partial charge in [0.15, 0.2) is 12.1 Å². The molecule has 1 N–H and O–H groups in total. The number of carbonyl (C=O) groups is 2. The summed E-state index contributed by atoms with van der Waals surface area (Å²) in [7, 11) is 1.55. The lowest BCUT2D eigenvalue weighted by Crippen LogP contribution is -2.26. The molecule has 1 saturated heterocycles. The fourth-order valence-corrected chi connectivity index (χ4v) is 3.83. The van der Waals surface area contributed by atoms with Crippen LogP contribution in [0.1, 0.15) is 59.7 Å². The van der Waals surface area contributed by atoms with Gasteiger partial charge in [-0.05, 0) is 49.1 Å². The van der Waals surface area contributed by atoms with E-state index in [0.29, 0.717) is 57.5 Å². The van der Waals surface area contributed by atoms with Gasteiger partial charge in [-0.3, -0.25) is 9.59 Å². The molecule has 2 aromatic carbocycles. The Balaban J connectivity index is 2.22. The van der Waals surface area contributed by atoms with Gasteiger partial charge in [0.05, 0.1) is 22.2 Å². The second kappa shape index (κ2) is 10.3. The van der Waals surface area contributed by atoms with Crippen LogP contribution in [0.3, 0.4) is 0 Å². The molecule has 0 saturated carbocycles. The van der Waals surface area contributed by atoms with E-state index in [-0.39, 0.29) is 11.7 Å². The van der Waals surface area contributed by atoms with Crippen molar-refractivity contribution in [3.63, 3.8) is 0 Å². The first-order valence-electron chi connectivity index (χ1n) is 10.1. The van der Waals surface area contributed by atoms with Crippen LogP contribution in [0.25, 0.3) is 11.1 Å². The van der Waals surface area contributed by atoms with Gasteiger partial charge in [0.1, 0.15) is 5.75 Å². The minimum atomic E-state index is -0.417. The molecule has 1 amide bonds. The summed E-state index contributed by atoms with van der Waals surface area (Å²) in [5.41, 5.74) is 1.84. The molecule has 1 fully saturated rings. The Morgan fingerprint density at radius 3 is 2.60 bits per heavy atom. The molecule has 0 spiro atoms. The van der Waals surface area contributed by atoms with Crippen LogP contribution in [0.5, 0.6) is 5.75 Å². The third-order valence-electron chi connectivity index (χ3n) is 5.00.